The van der Waals surface area contributed by atoms with E-state index >= 15 is 0 Å². The Morgan fingerprint density at radius 3 is 2.95 bits per heavy atom. The van der Waals surface area contributed by atoms with E-state index in [2.05, 4.69) is 22.4 Å². The molecule has 0 radical (unpaired) electrons. The minimum atomic E-state index is -0.146. The average Bonchev–Trinajstić information content (AvgIpc) is 3.15. The third kappa shape index (κ3) is 3.89. The first-order valence-corrected chi connectivity index (χ1v) is 7.96. The normalized spacial score (nSPS) is 13.9. The molecule has 0 saturated heterocycles. The van der Waals surface area contributed by atoms with E-state index in [9.17, 15) is 4.79 Å². The van der Waals surface area contributed by atoms with Crippen LogP contribution in [0.3, 0.4) is 0 Å². The predicted molar refractivity (Wildman–Crippen MR) is 81.0 cm³/mol. The number of amides is 1. The fraction of sp³-hybridized carbons (Fsp3) is 0.500. The summed E-state index contributed by atoms with van der Waals surface area (Å²) in [6.45, 7) is 5.45. The number of hydrogen-bond acceptors (Lipinski definition) is 5. The molecule has 2 aromatic rings. The van der Waals surface area contributed by atoms with Crippen molar-refractivity contribution in [3.63, 3.8) is 0 Å². The number of quaternary nitrogens is 1. The van der Waals surface area contributed by atoms with E-state index in [1.807, 2.05) is 24.4 Å². The molecule has 7 heteroatoms. The van der Waals surface area contributed by atoms with Gasteiger partial charge in [0.2, 0.25) is 0 Å². The SMILES string of the molecule is CCC[NH+](Cc1nnc(-c2cccs2)o1)[C@H](C)C(=O)NC. The molecule has 21 heavy (non-hydrogen) atoms. The van der Waals surface area contributed by atoms with Gasteiger partial charge >= 0.3 is 0 Å². The van der Waals surface area contributed by atoms with Gasteiger partial charge < -0.3 is 14.6 Å². The van der Waals surface area contributed by atoms with Crippen molar-refractivity contribution in [2.75, 3.05) is 13.6 Å². The van der Waals surface area contributed by atoms with Crippen molar-refractivity contribution < 1.29 is 14.1 Å². The molecule has 0 aliphatic carbocycles. The van der Waals surface area contributed by atoms with Crippen LogP contribution in [0.2, 0.25) is 0 Å². The number of likely N-dealkylation sites (N-methyl/N-ethyl adjacent to an activating group) is 1. The van der Waals surface area contributed by atoms with Gasteiger partial charge in [-0.05, 0) is 24.8 Å². The van der Waals surface area contributed by atoms with Gasteiger partial charge in [-0.2, -0.15) is 0 Å². The summed E-state index contributed by atoms with van der Waals surface area (Å²) in [5, 5.41) is 12.8. The van der Waals surface area contributed by atoms with E-state index in [0.717, 1.165) is 22.7 Å². The van der Waals surface area contributed by atoms with Gasteiger partial charge in [-0.15, -0.1) is 21.5 Å². The van der Waals surface area contributed by atoms with Gasteiger partial charge in [0.1, 0.15) is 0 Å². The zero-order valence-corrected chi connectivity index (χ0v) is 13.4. The van der Waals surface area contributed by atoms with Gasteiger partial charge in [0.15, 0.2) is 12.6 Å². The van der Waals surface area contributed by atoms with Crippen LogP contribution in [-0.4, -0.2) is 35.7 Å². The quantitative estimate of drug-likeness (QED) is 0.791. The summed E-state index contributed by atoms with van der Waals surface area (Å²) < 4.78 is 5.70. The molecule has 0 aromatic carbocycles. The molecule has 1 unspecified atom stereocenters. The molecule has 0 aliphatic heterocycles. The maximum atomic E-state index is 11.8. The van der Waals surface area contributed by atoms with Crippen LogP contribution in [0.4, 0.5) is 0 Å². The second kappa shape index (κ2) is 7.33. The topological polar surface area (TPSA) is 72.5 Å². The van der Waals surface area contributed by atoms with Crippen LogP contribution in [0.15, 0.2) is 21.9 Å². The maximum absolute atomic E-state index is 11.8. The van der Waals surface area contributed by atoms with Crippen molar-refractivity contribution in [3.05, 3.63) is 23.4 Å². The molecule has 2 aromatic heterocycles. The highest BCUT2D eigenvalue weighted by atomic mass is 32.1. The van der Waals surface area contributed by atoms with Gasteiger partial charge in [0.25, 0.3) is 17.7 Å². The van der Waals surface area contributed by atoms with Crippen LogP contribution in [-0.2, 0) is 11.3 Å². The van der Waals surface area contributed by atoms with Gasteiger partial charge in [-0.3, -0.25) is 4.79 Å². The maximum Gasteiger partial charge on any atom is 0.277 e. The molecule has 2 rings (SSSR count). The average molecular weight is 309 g/mol. The summed E-state index contributed by atoms with van der Waals surface area (Å²) in [7, 11) is 1.66. The van der Waals surface area contributed by atoms with Gasteiger partial charge in [0.05, 0.1) is 11.4 Å². The fourth-order valence-corrected chi connectivity index (χ4v) is 2.84. The molecule has 0 spiro atoms. The number of rotatable bonds is 7. The Kier molecular flexibility index (Phi) is 5.46. The minimum absolute atomic E-state index is 0.0245. The van der Waals surface area contributed by atoms with Crippen molar-refractivity contribution >= 4 is 17.2 Å². The van der Waals surface area contributed by atoms with Crippen LogP contribution >= 0.6 is 11.3 Å². The molecular formula is C14H21N4O2S+. The van der Waals surface area contributed by atoms with E-state index in [0.29, 0.717) is 18.3 Å². The van der Waals surface area contributed by atoms with Crippen molar-refractivity contribution in [2.45, 2.75) is 32.9 Å². The number of nitrogens with zero attached hydrogens (tertiary/aromatic N) is 2. The lowest BCUT2D eigenvalue weighted by Gasteiger charge is -2.22. The number of thiophene rings is 1. The molecule has 0 bridgehead atoms. The lowest BCUT2D eigenvalue weighted by Crippen LogP contribution is -3.15. The summed E-state index contributed by atoms with van der Waals surface area (Å²) in [5.74, 6) is 1.14. The molecule has 0 fully saturated rings. The van der Waals surface area contributed by atoms with Gasteiger partial charge in [-0.1, -0.05) is 13.0 Å². The summed E-state index contributed by atoms with van der Waals surface area (Å²) in [6.07, 6.45) is 0.989. The van der Waals surface area contributed by atoms with E-state index < -0.39 is 0 Å². The first-order valence-electron chi connectivity index (χ1n) is 7.08. The van der Waals surface area contributed by atoms with E-state index in [-0.39, 0.29) is 11.9 Å². The van der Waals surface area contributed by atoms with Crippen LogP contribution in [0, 0.1) is 0 Å². The number of carbonyl (C=O) groups excluding carboxylic acids is 1. The highest BCUT2D eigenvalue weighted by molar-refractivity contribution is 7.13. The molecule has 0 aliphatic rings. The highest BCUT2D eigenvalue weighted by Crippen LogP contribution is 2.22. The molecule has 6 nitrogen and oxygen atoms in total. The van der Waals surface area contributed by atoms with Crippen LogP contribution in [0.25, 0.3) is 10.8 Å². The fourth-order valence-electron chi connectivity index (χ4n) is 2.20. The first-order chi connectivity index (χ1) is 10.2. The molecule has 0 saturated carbocycles. The number of nitrogens with one attached hydrogen (secondary N) is 2. The Balaban J connectivity index is 2.08. The van der Waals surface area contributed by atoms with E-state index in [1.165, 1.54) is 0 Å². The number of hydrogen-bond donors (Lipinski definition) is 2. The Bertz CT molecular complexity index is 567. The Morgan fingerprint density at radius 2 is 2.33 bits per heavy atom. The Morgan fingerprint density at radius 1 is 1.52 bits per heavy atom. The molecule has 2 N–H and O–H groups in total. The Hall–Kier alpha value is -1.73. The smallest absolute Gasteiger partial charge is 0.277 e. The van der Waals surface area contributed by atoms with Crippen LogP contribution in [0.1, 0.15) is 26.2 Å². The third-order valence-corrected chi connectivity index (χ3v) is 4.26. The van der Waals surface area contributed by atoms with Gasteiger partial charge in [0, 0.05) is 7.05 Å². The molecular weight excluding hydrogens is 288 g/mol. The van der Waals surface area contributed by atoms with Crippen molar-refractivity contribution in [1.82, 2.24) is 15.5 Å². The summed E-state index contributed by atoms with van der Waals surface area (Å²) in [5.41, 5.74) is 0. The summed E-state index contributed by atoms with van der Waals surface area (Å²) >= 11 is 1.57. The largest absolute Gasteiger partial charge is 0.414 e. The van der Waals surface area contributed by atoms with Gasteiger partial charge in [-0.25, -0.2) is 0 Å². The highest BCUT2D eigenvalue weighted by Gasteiger charge is 2.25. The zero-order chi connectivity index (χ0) is 15.2. The minimum Gasteiger partial charge on any atom is -0.414 e. The van der Waals surface area contributed by atoms with Crippen molar-refractivity contribution in [1.29, 1.82) is 0 Å². The number of carbonyl (C=O) groups is 1. The third-order valence-electron chi connectivity index (χ3n) is 3.40. The van der Waals surface area contributed by atoms with Crippen LogP contribution < -0.4 is 10.2 Å². The monoisotopic (exact) mass is 309 g/mol. The second-order valence-electron chi connectivity index (χ2n) is 4.90. The lowest BCUT2D eigenvalue weighted by atomic mass is 10.2. The van der Waals surface area contributed by atoms with Crippen molar-refractivity contribution in [2.24, 2.45) is 0 Å². The summed E-state index contributed by atoms with van der Waals surface area (Å²) in [6, 6.07) is 3.75. The predicted octanol–water partition coefficient (Wildman–Crippen LogP) is 0.727. The summed E-state index contributed by atoms with van der Waals surface area (Å²) in [4.78, 5) is 13.9. The first kappa shape index (κ1) is 15.7. The molecule has 1 amide bonds. The molecule has 2 atom stereocenters. The second-order valence-corrected chi connectivity index (χ2v) is 5.85. The molecule has 114 valence electrons. The molecule has 2 heterocycles. The lowest BCUT2D eigenvalue weighted by molar-refractivity contribution is -0.929. The van der Waals surface area contributed by atoms with E-state index in [4.69, 9.17) is 4.42 Å². The van der Waals surface area contributed by atoms with Crippen LogP contribution in [0.5, 0.6) is 0 Å². The standard InChI is InChI=1S/C14H20N4O2S/c1-4-7-18(10(2)13(19)15-3)9-12-16-17-14(20-12)11-6-5-8-21-11/h5-6,8,10H,4,7,9H2,1-3H3,(H,15,19)/p+1/t10-/m1/s1. The van der Waals surface area contributed by atoms with Crippen molar-refractivity contribution in [3.8, 4) is 10.8 Å². The number of aromatic nitrogens is 2. The Labute approximate surface area is 128 Å². The zero-order valence-electron chi connectivity index (χ0n) is 12.5. The van der Waals surface area contributed by atoms with E-state index in [1.54, 1.807) is 18.4 Å².